The van der Waals surface area contributed by atoms with Gasteiger partial charge in [0, 0.05) is 22.7 Å². The Balaban J connectivity index is 1.33. The second-order valence-electron chi connectivity index (χ2n) is 7.28. The number of hydrogen-bond donors (Lipinski definition) is 1. The van der Waals surface area contributed by atoms with Crippen molar-refractivity contribution in [3.05, 3.63) is 112 Å². The van der Waals surface area contributed by atoms with Crippen molar-refractivity contribution < 1.29 is 9.15 Å². The topological polar surface area (TPSA) is 88.2 Å². The number of nitrogens with one attached hydrogen (secondary N) is 1. The molecule has 6 nitrogen and oxygen atoms in total. The molecule has 7 heteroatoms. The normalized spacial score (nSPS) is 11.2. The number of aromatic nitrogens is 1. The molecular formula is C27H17N3O3S. The van der Waals surface area contributed by atoms with Gasteiger partial charge in [-0.2, -0.15) is 5.26 Å². The van der Waals surface area contributed by atoms with Crippen LogP contribution in [0, 0.1) is 11.3 Å². The molecule has 0 saturated carbocycles. The van der Waals surface area contributed by atoms with Gasteiger partial charge in [-0.1, -0.05) is 36.4 Å². The molecule has 0 aliphatic rings. The smallest absolute Gasteiger partial charge is 0.345 e. The Labute approximate surface area is 199 Å². The summed E-state index contributed by atoms with van der Waals surface area (Å²) in [6.45, 7) is 0. The van der Waals surface area contributed by atoms with E-state index in [1.165, 1.54) is 11.3 Å². The monoisotopic (exact) mass is 463 g/mol. The van der Waals surface area contributed by atoms with Crippen LogP contribution in [-0.4, -0.2) is 4.98 Å². The highest BCUT2D eigenvalue weighted by atomic mass is 32.1. The molecule has 3 aromatic carbocycles. The first kappa shape index (κ1) is 21.2. The molecule has 0 bridgehead atoms. The summed E-state index contributed by atoms with van der Waals surface area (Å²) in [5.41, 5.74) is 2.04. The molecule has 0 aliphatic carbocycles. The summed E-state index contributed by atoms with van der Waals surface area (Å²) in [5.74, 6) is 1.47. The van der Waals surface area contributed by atoms with Crippen LogP contribution in [-0.2, 0) is 0 Å². The van der Waals surface area contributed by atoms with Crippen molar-refractivity contribution in [1.29, 1.82) is 5.26 Å². The molecule has 0 aliphatic heterocycles. The summed E-state index contributed by atoms with van der Waals surface area (Å²) in [5, 5.41) is 15.8. The zero-order chi connectivity index (χ0) is 23.3. The lowest BCUT2D eigenvalue weighted by molar-refractivity contribution is 0.483. The van der Waals surface area contributed by atoms with E-state index in [2.05, 4.69) is 16.4 Å². The van der Waals surface area contributed by atoms with E-state index in [9.17, 15) is 10.1 Å². The number of allylic oxidation sites excluding steroid dienone is 1. The maximum atomic E-state index is 12.4. The Kier molecular flexibility index (Phi) is 5.89. The summed E-state index contributed by atoms with van der Waals surface area (Å²) in [6.07, 6.45) is 1.60. The molecule has 0 spiro atoms. The number of fused-ring (bicyclic) bond motifs is 1. The van der Waals surface area contributed by atoms with E-state index in [0.717, 1.165) is 16.8 Å². The molecule has 34 heavy (non-hydrogen) atoms. The van der Waals surface area contributed by atoms with Gasteiger partial charge in [0.05, 0.1) is 11.3 Å². The first-order chi connectivity index (χ1) is 16.7. The van der Waals surface area contributed by atoms with E-state index in [1.807, 2.05) is 72.8 Å². The van der Waals surface area contributed by atoms with Gasteiger partial charge in [0.15, 0.2) is 0 Å². The first-order valence-electron chi connectivity index (χ1n) is 10.4. The maximum Gasteiger partial charge on any atom is 0.345 e. The van der Waals surface area contributed by atoms with Gasteiger partial charge in [0.2, 0.25) is 0 Å². The Bertz CT molecular complexity index is 1580. The number of benzene rings is 3. The van der Waals surface area contributed by atoms with Gasteiger partial charge in [0.1, 0.15) is 33.7 Å². The molecule has 0 atom stereocenters. The van der Waals surface area contributed by atoms with Crippen molar-refractivity contribution in [1.82, 2.24) is 4.98 Å². The lowest BCUT2D eigenvalue weighted by Crippen LogP contribution is -2.02. The Morgan fingerprint density at radius 1 is 1.00 bits per heavy atom. The van der Waals surface area contributed by atoms with Crippen molar-refractivity contribution >= 4 is 33.6 Å². The number of thiazole rings is 1. The SMILES string of the molecule is N#CC(=CNc1ccc(Oc2ccccc2)cc1)c1nc(-c2cc3ccccc3oc2=O)cs1. The molecule has 5 rings (SSSR count). The van der Waals surface area contributed by atoms with Crippen LogP contribution in [0.3, 0.4) is 0 Å². The van der Waals surface area contributed by atoms with Gasteiger partial charge in [-0.3, -0.25) is 0 Å². The summed E-state index contributed by atoms with van der Waals surface area (Å²) in [6, 6.07) is 28.2. The first-order valence-corrected chi connectivity index (χ1v) is 11.3. The van der Waals surface area contributed by atoms with Crippen LogP contribution in [0.4, 0.5) is 5.69 Å². The van der Waals surface area contributed by atoms with E-state index in [-0.39, 0.29) is 0 Å². The summed E-state index contributed by atoms with van der Waals surface area (Å²) in [7, 11) is 0. The minimum atomic E-state index is -0.464. The van der Waals surface area contributed by atoms with E-state index in [4.69, 9.17) is 9.15 Å². The predicted octanol–water partition coefficient (Wildman–Crippen LogP) is 6.69. The zero-order valence-corrected chi connectivity index (χ0v) is 18.6. The fourth-order valence-electron chi connectivity index (χ4n) is 3.30. The van der Waals surface area contributed by atoms with E-state index in [0.29, 0.717) is 33.2 Å². The predicted molar refractivity (Wildman–Crippen MR) is 134 cm³/mol. The second-order valence-corrected chi connectivity index (χ2v) is 8.14. The third kappa shape index (κ3) is 4.58. The quantitative estimate of drug-likeness (QED) is 0.223. The molecule has 0 unspecified atom stereocenters. The van der Waals surface area contributed by atoms with E-state index in [1.54, 1.807) is 23.7 Å². The number of rotatable bonds is 6. The molecule has 2 heterocycles. The molecule has 2 aromatic heterocycles. The van der Waals surface area contributed by atoms with Crippen LogP contribution in [0.15, 0.2) is 106 Å². The van der Waals surface area contributed by atoms with Crippen LogP contribution in [0.25, 0.3) is 27.8 Å². The molecule has 1 N–H and O–H groups in total. The molecule has 5 aromatic rings. The fraction of sp³-hybridized carbons (Fsp3) is 0. The van der Waals surface area contributed by atoms with Crippen molar-refractivity contribution in [2.45, 2.75) is 0 Å². The molecule has 0 amide bonds. The Hall–Kier alpha value is -4.67. The number of nitrogens with zero attached hydrogens (tertiary/aromatic N) is 2. The number of hydrogen-bond acceptors (Lipinski definition) is 7. The van der Waals surface area contributed by atoms with E-state index >= 15 is 0 Å². The highest BCUT2D eigenvalue weighted by Gasteiger charge is 2.13. The number of nitriles is 1. The molecule has 164 valence electrons. The van der Waals surface area contributed by atoms with Crippen molar-refractivity contribution in [3.63, 3.8) is 0 Å². The molecule has 0 radical (unpaired) electrons. The molecule has 0 fully saturated rings. The summed E-state index contributed by atoms with van der Waals surface area (Å²) in [4.78, 5) is 16.9. The third-order valence-electron chi connectivity index (χ3n) is 4.99. The highest BCUT2D eigenvalue weighted by Crippen LogP contribution is 2.27. The zero-order valence-electron chi connectivity index (χ0n) is 17.8. The van der Waals surface area contributed by atoms with Crippen LogP contribution < -0.4 is 15.7 Å². The lowest BCUT2D eigenvalue weighted by Gasteiger charge is -2.07. The average Bonchev–Trinajstić information content (AvgIpc) is 3.35. The molecule has 0 saturated heterocycles. The van der Waals surface area contributed by atoms with Gasteiger partial charge >= 0.3 is 5.63 Å². The fourth-order valence-corrected chi connectivity index (χ4v) is 4.09. The third-order valence-corrected chi connectivity index (χ3v) is 5.86. The number of para-hydroxylation sites is 2. The van der Waals surface area contributed by atoms with Gasteiger partial charge in [0.25, 0.3) is 0 Å². The van der Waals surface area contributed by atoms with E-state index < -0.39 is 5.63 Å². The summed E-state index contributed by atoms with van der Waals surface area (Å²) >= 11 is 1.29. The van der Waals surface area contributed by atoms with Gasteiger partial charge in [-0.25, -0.2) is 9.78 Å². The van der Waals surface area contributed by atoms with Crippen LogP contribution in [0.1, 0.15) is 5.01 Å². The van der Waals surface area contributed by atoms with Crippen LogP contribution >= 0.6 is 11.3 Å². The summed E-state index contributed by atoms with van der Waals surface area (Å²) < 4.78 is 11.2. The second kappa shape index (κ2) is 9.45. The van der Waals surface area contributed by atoms with Crippen LogP contribution in [0.5, 0.6) is 11.5 Å². The average molecular weight is 464 g/mol. The molecular weight excluding hydrogens is 446 g/mol. The van der Waals surface area contributed by atoms with Gasteiger partial charge in [-0.05, 0) is 48.5 Å². The largest absolute Gasteiger partial charge is 0.457 e. The standard InChI is InChI=1S/C27H17N3O3S/c28-15-19(16-29-20-10-12-22(13-11-20)32-21-7-2-1-3-8-21)26-30-24(17-34-26)23-14-18-6-4-5-9-25(18)33-27(23)31/h1-14,16-17,29H. The van der Waals surface area contributed by atoms with Gasteiger partial charge < -0.3 is 14.5 Å². The minimum Gasteiger partial charge on any atom is -0.457 e. The Morgan fingerprint density at radius 3 is 2.53 bits per heavy atom. The number of anilines is 1. The number of ether oxygens (including phenoxy) is 1. The van der Waals surface area contributed by atoms with Crippen molar-refractivity contribution in [2.75, 3.05) is 5.32 Å². The maximum absolute atomic E-state index is 12.4. The van der Waals surface area contributed by atoms with Crippen LogP contribution in [0.2, 0.25) is 0 Å². The minimum absolute atomic E-state index is 0.353. The Morgan fingerprint density at radius 2 is 1.74 bits per heavy atom. The van der Waals surface area contributed by atoms with Gasteiger partial charge in [-0.15, -0.1) is 11.3 Å². The lowest BCUT2D eigenvalue weighted by atomic mass is 10.1. The van der Waals surface area contributed by atoms with Crippen molar-refractivity contribution in [3.8, 4) is 28.8 Å². The highest BCUT2D eigenvalue weighted by molar-refractivity contribution is 7.11. The van der Waals surface area contributed by atoms with Crippen molar-refractivity contribution in [2.24, 2.45) is 0 Å².